The van der Waals surface area contributed by atoms with E-state index in [2.05, 4.69) is 4.98 Å². The van der Waals surface area contributed by atoms with Crippen molar-refractivity contribution < 1.29 is 8.42 Å². The molecule has 0 saturated heterocycles. The molecule has 0 bridgehead atoms. The molecule has 8 heteroatoms. The van der Waals surface area contributed by atoms with E-state index in [0.29, 0.717) is 18.8 Å². The molecule has 1 heterocycles. The maximum Gasteiger partial charge on any atom is 0.264 e. The first-order valence-electron chi connectivity index (χ1n) is 6.86. The highest BCUT2D eigenvalue weighted by Crippen LogP contribution is 2.26. The predicted molar refractivity (Wildman–Crippen MR) is 93.8 cm³/mol. The van der Waals surface area contributed by atoms with Crippen LogP contribution in [-0.4, -0.2) is 45.5 Å². The van der Waals surface area contributed by atoms with Gasteiger partial charge in [0.1, 0.15) is 10.3 Å². The first-order valence-corrected chi connectivity index (χ1v) is 9.06. The molecule has 1 aromatic heterocycles. The van der Waals surface area contributed by atoms with Crippen LogP contribution in [0.3, 0.4) is 0 Å². The molecule has 0 spiro atoms. The van der Waals surface area contributed by atoms with E-state index < -0.39 is 10.0 Å². The zero-order valence-corrected chi connectivity index (χ0v) is 15.1. The lowest BCUT2D eigenvalue weighted by atomic mass is 10.3. The molecule has 23 heavy (non-hydrogen) atoms. The second kappa shape index (κ2) is 7.49. The van der Waals surface area contributed by atoms with Crippen LogP contribution in [0.1, 0.15) is 0 Å². The first kappa shape index (κ1) is 18.0. The number of halogens is 2. The van der Waals surface area contributed by atoms with Crippen LogP contribution in [0, 0.1) is 0 Å². The molecule has 0 amide bonds. The molecular weight excluding hydrogens is 357 g/mol. The summed E-state index contributed by atoms with van der Waals surface area (Å²) in [4.78, 5) is 5.73. The summed E-state index contributed by atoms with van der Waals surface area (Å²) < 4.78 is 27.4. The molecule has 0 N–H and O–H groups in total. The van der Waals surface area contributed by atoms with Gasteiger partial charge in [0.25, 0.3) is 10.0 Å². The fraction of sp³-hybridized carbons (Fsp3) is 0.267. The Hall–Kier alpha value is -1.34. The van der Waals surface area contributed by atoms with Crippen molar-refractivity contribution in [1.29, 1.82) is 0 Å². The van der Waals surface area contributed by atoms with E-state index in [-0.39, 0.29) is 15.2 Å². The van der Waals surface area contributed by atoms with Crippen molar-refractivity contribution in [3.63, 3.8) is 0 Å². The van der Waals surface area contributed by atoms with Crippen LogP contribution in [0.25, 0.3) is 0 Å². The summed E-state index contributed by atoms with van der Waals surface area (Å²) in [7, 11) is -0.0272. The molecule has 124 valence electrons. The van der Waals surface area contributed by atoms with Gasteiger partial charge < -0.3 is 4.90 Å². The highest BCUT2D eigenvalue weighted by Gasteiger charge is 2.26. The van der Waals surface area contributed by atoms with Gasteiger partial charge in [0.05, 0.1) is 10.6 Å². The van der Waals surface area contributed by atoms with Gasteiger partial charge in [-0.3, -0.25) is 4.31 Å². The Labute approximate surface area is 146 Å². The van der Waals surface area contributed by atoms with Crippen LogP contribution in [-0.2, 0) is 10.0 Å². The lowest BCUT2D eigenvalue weighted by molar-refractivity contribution is 0.419. The molecule has 5 nitrogen and oxygen atoms in total. The third-order valence-electron chi connectivity index (χ3n) is 3.12. The topological polar surface area (TPSA) is 53.5 Å². The lowest BCUT2D eigenvalue weighted by Crippen LogP contribution is -2.36. The number of anilines is 1. The van der Waals surface area contributed by atoms with Gasteiger partial charge in [0, 0.05) is 13.1 Å². The number of para-hydroxylation sites is 1. The maximum absolute atomic E-state index is 13.0. The SMILES string of the molecule is CN(C)CCN(c1ccccc1)S(=O)(=O)c1cc(Cl)nc(Cl)c1. The molecule has 0 aliphatic rings. The summed E-state index contributed by atoms with van der Waals surface area (Å²) in [5.74, 6) is 0. The van der Waals surface area contributed by atoms with Gasteiger partial charge in [-0.15, -0.1) is 0 Å². The van der Waals surface area contributed by atoms with E-state index in [1.807, 2.05) is 25.1 Å². The van der Waals surface area contributed by atoms with E-state index in [4.69, 9.17) is 23.2 Å². The van der Waals surface area contributed by atoms with Crippen LogP contribution in [0.15, 0.2) is 47.4 Å². The normalized spacial score (nSPS) is 11.7. The fourth-order valence-corrected chi connectivity index (χ4v) is 4.08. The number of likely N-dealkylation sites (N-methyl/N-ethyl adjacent to an activating group) is 1. The molecule has 0 aliphatic heterocycles. The summed E-state index contributed by atoms with van der Waals surface area (Å²) in [5, 5.41) is 0.0772. The number of nitrogens with zero attached hydrogens (tertiary/aromatic N) is 3. The van der Waals surface area contributed by atoms with Crippen molar-refractivity contribution in [3.8, 4) is 0 Å². The number of hydrogen-bond acceptors (Lipinski definition) is 4. The number of benzene rings is 1. The second-order valence-electron chi connectivity index (χ2n) is 5.16. The van der Waals surface area contributed by atoms with E-state index in [0.717, 1.165) is 0 Å². The predicted octanol–water partition coefficient (Wildman–Crippen LogP) is 3.15. The summed E-state index contributed by atoms with van der Waals surface area (Å²) in [6.07, 6.45) is 0. The average Bonchev–Trinajstić information content (AvgIpc) is 2.47. The van der Waals surface area contributed by atoms with Gasteiger partial charge in [-0.1, -0.05) is 41.4 Å². The smallest absolute Gasteiger partial charge is 0.264 e. The zero-order valence-electron chi connectivity index (χ0n) is 12.8. The highest BCUT2D eigenvalue weighted by atomic mass is 35.5. The molecule has 0 unspecified atom stereocenters. The molecule has 2 aromatic rings. The van der Waals surface area contributed by atoms with E-state index in [1.165, 1.54) is 16.4 Å². The van der Waals surface area contributed by atoms with Crippen molar-refractivity contribution in [1.82, 2.24) is 9.88 Å². The standard InChI is InChI=1S/C15H17Cl2N3O2S/c1-19(2)8-9-20(12-6-4-3-5-7-12)23(21,22)13-10-14(16)18-15(17)11-13/h3-7,10-11H,8-9H2,1-2H3. The Morgan fingerprint density at radius 1 is 1.00 bits per heavy atom. The van der Waals surface area contributed by atoms with Crippen LogP contribution in [0.5, 0.6) is 0 Å². The van der Waals surface area contributed by atoms with Crippen molar-refractivity contribution in [3.05, 3.63) is 52.8 Å². The van der Waals surface area contributed by atoms with Crippen molar-refractivity contribution in [2.75, 3.05) is 31.5 Å². The Morgan fingerprint density at radius 3 is 2.09 bits per heavy atom. The molecule has 2 rings (SSSR count). The zero-order chi connectivity index (χ0) is 17.0. The lowest BCUT2D eigenvalue weighted by Gasteiger charge is -2.26. The quantitative estimate of drug-likeness (QED) is 0.729. The summed E-state index contributed by atoms with van der Waals surface area (Å²) >= 11 is 11.7. The van der Waals surface area contributed by atoms with Gasteiger partial charge >= 0.3 is 0 Å². The number of aromatic nitrogens is 1. The molecule has 0 radical (unpaired) electrons. The minimum Gasteiger partial charge on any atom is -0.308 e. The monoisotopic (exact) mass is 373 g/mol. The van der Waals surface area contributed by atoms with Gasteiger partial charge in [-0.05, 0) is 38.4 Å². The van der Waals surface area contributed by atoms with Crippen molar-refractivity contribution >= 4 is 38.9 Å². The fourth-order valence-electron chi connectivity index (χ4n) is 1.99. The molecule has 0 saturated carbocycles. The van der Waals surface area contributed by atoms with Gasteiger partial charge in [0.15, 0.2) is 0 Å². The number of sulfonamides is 1. The van der Waals surface area contributed by atoms with Crippen LogP contribution in [0.4, 0.5) is 5.69 Å². The van der Waals surface area contributed by atoms with Gasteiger partial charge in [0.2, 0.25) is 0 Å². The van der Waals surface area contributed by atoms with Crippen LogP contribution in [0.2, 0.25) is 10.3 Å². The van der Waals surface area contributed by atoms with E-state index in [9.17, 15) is 8.42 Å². The number of pyridine rings is 1. The highest BCUT2D eigenvalue weighted by molar-refractivity contribution is 7.92. The largest absolute Gasteiger partial charge is 0.308 e. The van der Waals surface area contributed by atoms with Crippen LogP contribution < -0.4 is 4.31 Å². The summed E-state index contributed by atoms with van der Waals surface area (Å²) in [6, 6.07) is 11.5. The summed E-state index contributed by atoms with van der Waals surface area (Å²) in [5.41, 5.74) is 0.582. The second-order valence-corrected chi connectivity index (χ2v) is 7.80. The number of rotatable bonds is 6. The number of hydrogen-bond donors (Lipinski definition) is 0. The van der Waals surface area contributed by atoms with Gasteiger partial charge in [-0.2, -0.15) is 0 Å². The van der Waals surface area contributed by atoms with Gasteiger partial charge in [-0.25, -0.2) is 13.4 Å². The summed E-state index contributed by atoms with van der Waals surface area (Å²) in [6.45, 7) is 0.873. The van der Waals surface area contributed by atoms with Crippen molar-refractivity contribution in [2.45, 2.75) is 4.90 Å². The molecule has 0 fully saturated rings. The van der Waals surface area contributed by atoms with Crippen LogP contribution >= 0.6 is 23.2 Å². The Kier molecular flexibility index (Phi) is 5.86. The average molecular weight is 374 g/mol. The Balaban J connectivity index is 2.48. The molecule has 1 aromatic carbocycles. The van der Waals surface area contributed by atoms with E-state index in [1.54, 1.807) is 24.3 Å². The third-order valence-corrected chi connectivity index (χ3v) is 5.31. The minimum absolute atomic E-state index is 0.0186. The minimum atomic E-state index is -3.80. The Bertz CT molecular complexity index is 747. The molecule has 0 aliphatic carbocycles. The first-order chi connectivity index (χ1) is 10.8. The Morgan fingerprint density at radius 2 is 1.57 bits per heavy atom. The third kappa shape index (κ3) is 4.57. The molecule has 0 atom stereocenters. The van der Waals surface area contributed by atoms with Crippen molar-refractivity contribution in [2.24, 2.45) is 0 Å². The van der Waals surface area contributed by atoms with E-state index >= 15 is 0 Å². The maximum atomic E-state index is 13.0. The molecular formula is C15H17Cl2N3O2S.